The molecule has 6 nitrogen and oxygen atoms in total. The van der Waals surface area contributed by atoms with Gasteiger partial charge in [0, 0.05) is 25.6 Å². The molecule has 2 aliphatic heterocycles. The summed E-state index contributed by atoms with van der Waals surface area (Å²) in [5, 5.41) is 12.1. The van der Waals surface area contributed by atoms with Gasteiger partial charge in [-0.2, -0.15) is 0 Å². The molecule has 0 aromatic rings. The average molecular weight is 256 g/mol. The fraction of sp³-hybridized carbons (Fsp3) is 0.833. The number of aliphatic carboxylic acids is 1. The van der Waals surface area contributed by atoms with Crippen molar-refractivity contribution in [2.75, 3.05) is 19.6 Å². The maximum atomic E-state index is 11.9. The van der Waals surface area contributed by atoms with Crippen molar-refractivity contribution in [1.29, 1.82) is 0 Å². The lowest BCUT2D eigenvalue weighted by Gasteiger charge is -2.25. The van der Waals surface area contributed by atoms with E-state index in [9.17, 15) is 9.59 Å². The Kier molecular flexibility index (Phi) is 3.23. The van der Waals surface area contributed by atoms with Gasteiger partial charge in [0.05, 0.1) is 0 Å². The summed E-state index contributed by atoms with van der Waals surface area (Å²) in [7, 11) is 0. The first-order valence-electron chi connectivity index (χ1n) is 6.22. The van der Waals surface area contributed by atoms with Crippen LogP contribution in [0.25, 0.3) is 0 Å². The number of carboxylic acid groups (broad SMARTS) is 1. The number of rotatable bonds is 1. The van der Waals surface area contributed by atoms with Crippen molar-refractivity contribution in [1.82, 2.24) is 10.2 Å². The van der Waals surface area contributed by atoms with Crippen molar-refractivity contribution in [3.8, 4) is 0 Å². The Bertz CT molecular complexity index is 364. The molecule has 1 amide bonds. The average Bonchev–Trinajstić information content (AvgIpc) is 2.70. The van der Waals surface area contributed by atoms with Crippen LogP contribution in [0.5, 0.6) is 0 Å². The minimum atomic E-state index is -0.839. The Hall–Kier alpha value is -1.30. The van der Waals surface area contributed by atoms with E-state index in [-0.39, 0.29) is 17.9 Å². The van der Waals surface area contributed by atoms with Crippen molar-refractivity contribution in [2.24, 2.45) is 11.8 Å². The Balaban J connectivity index is 1.97. The van der Waals surface area contributed by atoms with E-state index in [1.165, 1.54) is 0 Å². The molecule has 2 rings (SSSR count). The maximum absolute atomic E-state index is 11.9. The summed E-state index contributed by atoms with van der Waals surface area (Å²) in [5.74, 6) is -0.623. The summed E-state index contributed by atoms with van der Waals surface area (Å²) in [4.78, 5) is 24.6. The summed E-state index contributed by atoms with van der Waals surface area (Å²) in [6.07, 6.45) is -0.346. The summed E-state index contributed by atoms with van der Waals surface area (Å²) >= 11 is 0. The number of likely N-dealkylation sites (tertiary alicyclic amines) is 1. The highest BCUT2D eigenvalue weighted by Gasteiger charge is 2.47. The molecule has 18 heavy (non-hydrogen) atoms. The van der Waals surface area contributed by atoms with Gasteiger partial charge in [0.15, 0.2) is 0 Å². The highest BCUT2D eigenvalue weighted by atomic mass is 16.6. The van der Waals surface area contributed by atoms with Gasteiger partial charge in [-0.25, -0.2) is 4.79 Å². The molecule has 0 radical (unpaired) electrons. The van der Waals surface area contributed by atoms with E-state index >= 15 is 0 Å². The number of hydrogen-bond acceptors (Lipinski definition) is 4. The van der Waals surface area contributed by atoms with Crippen LogP contribution in [0.2, 0.25) is 0 Å². The molecule has 102 valence electrons. The summed E-state index contributed by atoms with van der Waals surface area (Å²) in [6, 6.07) is -0.539. The summed E-state index contributed by atoms with van der Waals surface area (Å²) < 4.78 is 5.30. The largest absolute Gasteiger partial charge is 0.480 e. The molecule has 2 heterocycles. The van der Waals surface area contributed by atoms with Gasteiger partial charge in [-0.05, 0) is 26.7 Å². The number of fused-ring (bicyclic) bond motifs is 1. The molecule has 0 aromatic carbocycles. The van der Waals surface area contributed by atoms with E-state index in [4.69, 9.17) is 9.84 Å². The van der Waals surface area contributed by atoms with E-state index < -0.39 is 17.6 Å². The second kappa shape index (κ2) is 4.42. The monoisotopic (exact) mass is 256 g/mol. The fourth-order valence-electron chi connectivity index (χ4n) is 2.67. The molecule has 0 spiro atoms. The maximum Gasteiger partial charge on any atom is 0.410 e. The predicted molar refractivity (Wildman–Crippen MR) is 64.2 cm³/mol. The molecular weight excluding hydrogens is 236 g/mol. The Morgan fingerprint density at radius 2 is 2.00 bits per heavy atom. The molecule has 6 heteroatoms. The second-order valence-electron chi connectivity index (χ2n) is 6.03. The number of nitrogens with zero attached hydrogens (tertiary/aromatic N) is 1. The first-order valence-corrected chi connectivity index (χ1v) is 6.22. The number of hydrogen-bond donors (Lipinski definition) is 2. The molecule has 2 saturated heterocycles. The third-order valence-corrected chi connectivity index (χ3v) is 3.44. The molecule has 2 aliphatic rings. The van der Waals surface area contributed by atoms with Gasteiger partial charge in [-0.1, -0.05) is 0 Å². The highest BCUT2D eigenvalue weighted by Crippen LogP contribution is 2.31. The predicted octanol–water partition coefficient (Wildman–Crippen LogP) is 0.526. The first kappa shape index (κ1) is 13.1. The highest BCUT2D eigenvalue weighted by molar-refractivity contribution is 5.75. The zero-order valence-electron chi connectivity index (χ0n) is 11.0. The summed E-state index contributed by atoms with van der Waals surface area (Å²) in [5.41, 5.74) is -0.515. The third kappa shape index (κ3) is 2.58. The van der Waals surface area contributed by atoms with Gasteiger partial charge in [0.2, 0.25) is 0 Å². The van der Waals surface area contributed by atoms with Crippen LogP contribution in [-0.2, 0) is 9.53 Å². The van der Waals surface area contributed by atoms with E-state index in [2.05, 4.69) is 5.32 Å². The zero-order chi connectivity index (χ0) is 13.5. The lowest BCUT2D eigenvalue weighted by atomic mass is 9.94. The van der Waals surface area contributed by atoms with Gasteiger partial charge in [0.25, 0.3) is 0 Å². The van der Waals surface area contributed by atoms with Crippen molar-refractivity contribution < 1.29 is 19.4 Å². The molecule has 0 aromatic heterocycles. The molecule has 3 unspecified atom stereocenters. The summed E-state index contributed by atoms with van der Waals surface area (Å²) in [6.45, 7) is 7.16. The van der Waals surface area contributed by atoms with Crippen LogP contribution >= 0.6 is 0 Å². The normalized spacial score (nSPS) is 31.3. The van der Waals surface area contributed by atoms with Crippen LogP contribution in [0.3, 0.4) is 0 Å². The van der Waals surface area contributed by atoms with Gasteiger partial charge in [-0.3, -0.25) is 4.79 Å². The Morgan fingerprint density at radius 1 is 1.33 bits per heavy atom. The van der Waals surface area contributed by atoms with Crippen LogP contribution in [0.4, 0.5) is 4.79 Å². The van der Waals surface area contributed by atoms with Crippen LogP contribution < -0.4 is 5.32 Å². The third-order valence-electron chi connectivity index (χ3n) is 3.44. The molecule has 2 N–H and O–H groups in total. The number of carboxylic acids is 1. The van der Waals surface area contributed by atoms with Gasteiger partial charge in [0.1, 0.15) is 11.6 Å². The molecule has 3 atom stereocenters. The topological polar surface area (TPSA) is 78.9 Å². The van der Waals surface area contributed by atoms with E-state index in [1.54, 1.807) is 4.90 Å². The van der Waals surface area contributed by atoms with Crippen molar-refractivity contribution in [3.05, 3.63) is 0 Å². The quantitative estimate of drug-likeness (QED) is 0.715. The SMILES string of the molecule is CC(C)(C)OC(=O)N1CC2CNC(C(=O)O)C2C1. The van der Waals surface area contributed by atoms with Crippen LogP contribution in [-0.4, -0.2) is 53.3 Å². The van der Waals surface area contributed by atoms with E-state index in [1.807, 2.05) is 20.8 Å². The second-order valence-corrected chi connectivity index (χ2v) is 6.03. The van der Waals surface area contributed by atoms with Crippen molar-refractivity contribution in [3.63, 3.8) is 0 Å². The molecular formula is C12H20N2O4. The number of ether oxygens (including phenoxy) is 1. The van der Waals surface area contributed by atoms with Crippen molar-refractivity contribution in [2.45, 2.75) is 32.4 Å². The number of amides is 1. The smallest absolute Gasteiger partial charge is 0.410 e. The number of carbonyl (C=O) groups excluding carboxylic acids is 1. The Labute approximate surface area is 106 Å². The lowest BCUT2D eigenvalue weighted by molar-refractivity contribution is -0.140. The lowest BCUT2D eigenvalue weighted by Crippen LogP contribution is -2.41. The molecule has 0 bridgehead atoms. The fourth-order valence-corrected chi connectivity index (χ4v) is 2.67. The van der Waals surface area contributed by atoms with Crippen molar-refractivity contribution >= 4 is 12.1 Å². The van der Waals surface area contributed by atoms with Crippen LogP contribution in [0.15, 0.2) is 0 Å². The van der Waals surface area contributed by atoms with Gasteiger partial charge in [-0.15, -0.1) is 0 Å². The molecule has 0 saturated carbocycles. The van der Waals surface area contributed by atoms with Crippen LogP contribution in [0, 0.1) is 11.8 Å². The minimum absolute atomic E-state index is 0.00461. The van der Waals surface area contributed by atoms with Gasteiger partial charge >= 0.3 is 12.1 Å². The van der Waals surface area contributed by atoms with Crippen LogP contribution in [0.1, 0.15) is 20.8 Å². The molecule has 2 fully saturated rings. The zero-order valence-corrected chi connectivity index (χ0v) is 11.0. The van der Waals surface area contributed by atoms with E-state index in [0.717, 1.165) is 0 Å². The van der Waals surface area contributed by atoms with E-state index in [0.29, 0.717) is 19.6 Å². The standard InChI is InChI=1S/C12H20N2O4/c1-12(2,3)18-11(17)14-5-7-4-13-9(10(15)16)8(7)6-14/h7-9,13H,4-6H2,1-3H3,(H,15,16). The Morgan fingerprint density at radius 3 is 2.56 bits per heavy atom. The molecule has 0 aliphatic carbocycles. The number of carbonyl (C=O) groups is 2. The first-order chi connectivity index (χ1) is 8.28. The minimum Gasteiger partial charge on any atom is -0.480 e. The van der Waals surface area contributed by atoms with Gasteiger partial charge < -0.3 is 20.1 Å². The number of nitrogens with one attached hydrogen (secondary N) is 1.